The molecular weight excluding hydrogens is 343 g/mol. The number of hydrogen-bond donors (Lipinski definition) is 0. The fourth-order valence-corrected chi connectivity index (χ4v) is 10.5. The zero-order valence-electron chi connectivity index (χ0n) is 16.9. The first-order valence-electron chi connectivity index (χ1n) is 9.95. The molecule has 0 radical (unpaired) electrons. The van der Waals surface area contributed by atoms with Gasteiger partial charge in [0.05, 0.1) is 6.16 Å². The lowest BCUT2D eigenvalue weighted by Crippen LogP contribution is -2.33. The molecule has 0 aliphatic carbocycles. The SMILES string of the molecule is CC(C)(C)CC1(C)C[P+](c2ccccc2)(c2ccccc2)c2ccccc21. The molecule has 0 nitrogen and oxygen atoms in total. The van der Waals surface area contributed by atoms with Crippen LogP contribution in [0, 0.1) is 5.41 Å². The molecule has 1 aliphatic rings. The predicted molar refractivity (Wildman–Crippen MR) is 121 cm³/mol. The van der Waals surface area contributed by atoms with E-state index in [9.17, 15) is 0 Å². The fraction of sp³-hybridized carbons (Fsp3) is 0.308. The highest BCUT2D eigenvalue weighted by Gasteiger charge is 2.59. The van der Waals surface area contributed by atoms with Crippen LogP contribution in [0.15, 0.2) is 84.9 Å². The van der Waals surface area contributed by atoms with Gasteiger partial charge in [-0.05, 0) is 42.2 Å². The van der Waals surface area contributed by atoms with Crippen molar-refractivity contribution in [1.82, 2.24) is 0 Å². The normalized spacial score (nSPS) is 21.0. The van der Waals surface area contributed by atoms with E-state index in [1.165, 1.54) is 23.2 Å². The van der Waals surface area contributed by atoms with Crippen LogP contribution in [0.3, 0.4) is 0 Å². The minimum Gasteiger partial charge on any atom is -0.0620 e. The second kappa shape index (κ2) is 6.61. The highest BCUT2D eigenvalue weighted by atomic mass is 31.2. The molecule has 0 saturated heterocycles. The molecular formula is C26H30P+. The molecule has 1 unspecified atom stereocenters. The average molecular weight is 374 g/mol. The molecule has 0 saturated carbocycles. The molecule has 0 aromatic heterocycles. The molecule has 27 heavy (non-hydrogen) atoms. The lowest BCUT2D eigenvalue weighted by molar-refractivity contribution is 0.290. The first kappa shape index (κ1) is 18.5. The minimum absolute atomic E-state index is 0.203. The molecule has 0 N–H and O–H groups in total. The minimum atomic E-state index is -1.65. The molecule has 0 amide bonds. The summed E-state index contributed by atoms with van der Waals surface area (Å²) in [5.41, 5.74) is 2.07. The lowest BCUT2D eigenvalue weighted by Gasteiger charge is -2.32. The van der Waals surface area contributed by atoms with Crippen LogP contribution in [0.4, 0.5) is 0 Å². The van der Waals surface area contributed by atoms with Gasteiger partial charge >= 0.3 is 0 Å². The Hall–Kier alpha value is -1.91. The summed E-state index contributed by atoms with van der Waals surface area (Å²) < 4.78 is 0. The third kappa shape index (κ3) is 3.15. The van der Waals surface area contributed by atoms with E-state index in [0.29, 0.717) is 5.41 Å². The Labute approximate surface area is 165 Å². The molecule has 1 heterocycles. The zero-order valence-corrected chi connectivity index (χ0v) is 17.8. The molecule has 0 fully saturated rings. The summed E-state index contributed by atoms with van der Waals surface area (Å²) >= 11 is 0. The first-order chi connectivity index (χ1) is 12.9. The summed E-state index contributed by atoms with van der Waals surface area (Å²) in [4.78, 5) is 0. The molecule has 1 atom stereocenters. The topological polar surface area (TPSA) is 0 Å². The van der Waals surface area contributed by atoms with Crippen LogP contribution in [-0.4, -0.2) is 6.16 Å². The van der Waals surface area contributed by atoms with E-state index in [1.54, 1.807) is 10.9 Å². The first-order valence-corrected chi connectivity index (χ1v) is 11.9. The maximum atomic E-state index is 2.50. The van der Waals surface area contributed by atoms with Gasteiger partial charge in [-0.2, -0.15) is 0 Å². The Kier molecular flexibility index (Phi) is 4.52. The zero-order chi connectivity index (χ0) is 19.1. The van der Waals surface area contributed by atoms with Crippen LogP contribution in [0.5, 0.6) is 0 Å². The van der Waals surface area contributed by atoms with Gasteiger partial charge in [0.2, 0.25) is 0 Å². The van der Waals surface area contributed by atoms with E-state index in [-0.39, 0.29) is 5.41 Å². The second-order valence-electron chi connectivity index (χ2n) is 9.45. The van der Waals surface area contributed by atoms with Gasteiger partial charge in [-0.3, -0.25) is 0 Å². The molecule has 3 aromatic carbocycles. The second-order valence-corrected chi connectivity index (χ2v) is 12.9. The van der Waals surface area contributed by atoms with Gasteiger partial charge in [0.1, 0.15) is 23.2 Å². The summed E-state index contributed by atoms with van der Waals surface area (Å²) in [6.07, 6.45) is 2.43. The molecule has 1 heteroatoms. The van der Waals surface area contributed by atoms with Crippen LogP contribution >= 0.6 is 7.26 Å². The molecule has 3 aromatic rings. The Bertz CT molecular complexity index is 882. The van der Waals surface area contributed by atoms with E-state index in [2.05, 4.69) is 113 Å². The Morgan fingerprint density at radius 3 is 1.74 bits per heavy atom. The molecule has 1 aliphatic heterocycles. The smallest absolute Gasteiger partial charge is 0.0620 e. The number of hydrogen-bond acceptors (Lipinski definition) is 0. The van der Waals surface area contributed by atoms with Crippen molar-refractivity contribution in [2.45, 2.75) is 39.5 Å². The van der Waals surface area contributed by atoms with Crippen LogP contribution in [0.2, 0.25) is 0 Å². The summed E-state index contributed by atoms with van der Waals surface area (Å²) in [7, 11) is -1.65. The van der Waals surface area contributed by atoms with Crippen molar-refractivity contribution in [2.75, 3.05) is 6.16 Å². The maximum Gasteiger partial charge on any atom is 0.113 e. The predicted octanol–water partition coefficient (Wildman–Crippen LogP) is 5.69. The summed E-state index contributed by atoms with van der Waals surface area (Å²) in [5, 5.41) is 4.62. The van der Waals surface area contributed by atoms with Gasteiger partial charge < -0.3 is 0 Å². The summed E-state index contributed by atoms with van der Waals surface area (Å²) in [6.45, 7) is 9.64. The molecule has 138 valence electrons. The standard InChI is InChI=1S/C26H30P/c1-25(2,3)19-26(4)20-27(21-13-7-5-8-14-21,22-15-9-6-10-16-22)24-18-12-11-17-23(24)26/h5-18H,19-20H2,1-4H3/q+1. The number of benzene rings is 3. The van der Waals surface area contributed by atoms with Crippen molar-refractivity contribution in [2.24, 2.45) is 5.41 Å². The van der Waals surface area contributed by atoms with Gasteiger partial charge in [0.25, 0.3) is 0 Å². The quantitative estimate of drug-likeness (QED) is 0.518. The van der Waals surface area contributed by atoms with Crippen molar-refractivity contribution >= 4 is 23.2 Å². The number of fused-ring (bicyclic) bond motifs is 1. The third-order valence-electron chi connectivity index (χ3n) is 5.87. The monoisotopic (exact) mass is 373 g/mol. The maximum absolute atomic E-state index is 2.50. The van der Waals surface area contributed by atoms with Crippen LogP contribution in [0.1, 0.15) is 39.7 Å². The van der Waals surface area contributed by atoms with Gasteiger partial charge in [0, 0.05) is 11.0 Å². The van der Waals surface area contributed by atoms with E-state index < -0.39 is 7.26 Å². The van der Waals surface area contributed by atoms with Crippen LogP contribution in [0.25, 0.3) is 0 Å². The summed E-state index contributed by atoms with van der Waals surface area (Å²) in [6, 6.07) is 31.8. The molecule has 0 bridgehead atoms. The van der Waals surface area contributed by atoms with E-state index in [4.69, 9.17) is 0 Å². The summed E-state index contributed by atoms with van der Waals surface area (Å²) in [5.74, 6) is 0. The van der Waals surface area contributed by atoms with Gasteiger partial charge in [-0.15, -0.1) is 0 Å². The van der Waals surface area contributed by atoms with Crippen molar-refractivity contribution in [3.63, 3.8) is 0 Å². The van der Waals surface area contributed by atoms with E-state index >= 15 is 0 Å². The van der Waals surface area contributed by atoms with Crippen molar-refractivity contribution in [3.05, 3.63) is 90.5 Å². The molecule has 0 spiro atoms. The Morgan fingerprint density at radius 2 is 1.22 bits per heavy atom. The van der Waals surface area contributed by atoms with Crippen LogP contribution < -0.4 is 15.9 Å². The van der Waals surface area contributed by atoms with Crippen LogP contribution in [-0.2, 0) is 5.41 Å². The van der Waals surface area contributed by atoms with Crippen molar-refractivity contribution in [3.8, 4) is 0 Å². The molecule has 4 rings (SSSR count). The number of rotatable bonds is 3. The average Bonchev–Trinajstić information content (AvgIpc) is 2.92. The van der Waals surface area contributed by atoms with Crippen molar-refractivity contribution < 1.29 is 0 Å². The fourth-order valence-electron chi connectivity index (χ4n) is 5.31. The van der Waals surface area contributed by atoms with E-state index in [0.717, 1.165) is 0 Å². The Balaban J connectivity index is 2.01. The highest BCUT2D eigenvalue weighted by molar-refractivity contribution is 7.96. The van der Waals surface area contributed by atoms with Gasteiger partial charge in [0.15, 0.2) is 0 Å². The highest BCUT2D eigenvalue weighted by Crippen LogP contribution is 2.66. The third-order valence-corrected chi connectivity index (χ3v) is 10.6. The van der Waals surface area contributed by atoms with Gasteiger partial charge in [-0.25, -0.2) is 0 Å². The van der Waals surface area contributed by atoms with E-state index in [1.807, 2.05) is 0 Å². The van der Waals surface area contributed by atoms with Gasteiger partial charge in [-0.1, -0.05) is 82.3 Å². The Morgan fingerprint density at radius 1 is 0.741 bits per heavy atom. The van der Waals surface area contributed by atoms with Crippen molar-refractivity contribution in [1.29, 1.82) is 0 Å². The lowest BCUT2D eigenvalue weighted by atomic mass is 9.72. The largest absolute Gasteiger partial charge is 0.113 e.